The van der Waals surface area contributed by atoms with Crippen molar-refractivity contribution >= 4 is 35.0 Å². The van der Waals surface area contributed by atoms with Crippen molar-refractivity contribution in [2.75, 3.05) is 35.7 Å². The summed E-state index contributed by atoms with van der Waals surface area (Å²) in [5.41, 5.74) is -0.718. The molecule has 0 unspecified atom stereocenters. The van der Waals surface area contributed by atoms with Crippen molar-refractivity contribution in [3.8, 4) is 11.6 Å². The summed E-state index contributed by atoms with van der Waals surface area (Å²) in [6.45, 7) is 0.313. The first-order valence-corrected chi connectivity index (χ1v) is 9.91. The lowest BCUT2D eigenvalue weighted by atomic mass is 10.2. The zero-order chi connectivity index (χ0) is 24.0. The number of likely N-dealkylation sites (N-methyl/N-ethyl adjacent to an activating group) is 1. The molecule has 12 heteroatoms. The summed E-state index contributed by atoms with van der Waals surface area (Å²) >= 11 is 5.58. The van der Waals surface area contributed by atoms with Gasteiger partial charge in [0.25, 0.3) is 0 Å². The van der Waals surface area contributed by atoms with E-state index in [0.29, 0.717) is 23.9 Å². The molecule has 3 aromatic rings. The quantitative estimate of drug-likeness (QED) is 0.438. The average molecular weight is 482 g/mol. The lowest BCUT2D eigenvalue weighted by Crippen LogP contribution is -2.23. The highest BCUT2D eigenvalue weighted by atomic mass is 35.5. The normalized spacial score (nSPS) is 11.1. The molecule has 2 aromatic carbocycles. The van der Waals surface area contributed by atoms with Crippen molar-refractivity contribution in [3.63, 3.8) is 0 Å². The monoisotopic (exact) mass is 481 g/mol. The Hall–Kier alpha value is -3.57. The predicted octanol–water partition coefficient (Wildman–Crippen LogP) is 5.01. The Morgan fingerprint density at radius 3 is 2.45 bits per heavy atom. The zero-order valence-corrected chi connectivity index (χ0v) is 18.0. The molecule has 0 spiro atoms. The van der Waals surface area contributed by atoms with Gasteiger partial charge in [0, 0.05) is 37.2 Å². The number of aromatic nitrogens is 2. The van der Waals surface area contributed by atoms with Gasteiger partial charge in [-0.05, 0) is 42.5 Å². The minimum Gasteiger partial charge on any atom is -0.439 e. The van der Waals surface area contributed by atoms with E-state index in [1.54, 1.807) is 42.3 Å². The van der Waals surface area contributed by atoms with Crippen LogP contribution in [0.25, 0.3) is 0 Å². The lowest BCUT2D eigenvalue weighted by Gasteiger charge is -2.15. The van der Waals surface area contributed by atoms with Crippen LogP contribution in [-0.2, 0) is 6.18 Å². The van der Waals surface area contributed by atoms with E-state index >= 15 is 0 Å². The second-order valence-corrected chi connectivity index (χ2v) is 7.15. The van der Waals surface area contributed by atoms with Crippen molar-refractivity contribution in [2.24, 2.45) is 0 Å². The Morgan fingerprint density at radius 1 is 1.12 bits per heavy atom. The number of alkyl halides is 3. The van der Waals surface area contributed by atoms with E-state index in [0.717, 1.165) is 12.1 Å². The van der Waals surface area contributed by atoms with E-state index in [-0.39, 0.29) is 18.2 Å². The average Bonchev–Trinajstić information content (AvgIpc) is 2.76. The van der Waals surface area contributed by atoms with Gasteiger partial charge in [0.05, 0.1) is 17.2 Å². The molecule has 0 saturated heterocycles. The predicted molar refractivity (Wildman–Crippen MR) is 118 cm³/mol. The fourth-order valence-corrected chi connectivity index (χ4v) is 2.89. The number of benzene rings is 2. The van der Waals surface area contributed by atoms with Gasteiger partial charge in [-0.1, -0.05) is 11.6 Å². The molecule has 3 rings (SSSR count). The Kier molecular flexibility index (Phi) is 7.56. The summed E-state index contributed by atoms with van der Waals surface area (Å²) in [7, 11) is 1.73. The summed E-state index contributed by atoms with van der Waals surface area (Å²) in [4.78, 5) is 22.2. The largest absolute Gasteiger partial charge is 0.439 e. The van der Waals surface area contributed by atoms with E-state index in [9.17, 15) is 18.0 Å². The van der Waals surface area contributed by atoms with Crippen LogP contribution in [0, 0.1) is 0 Å². The molecule has 0 atom stereocenters. The number of anilines is 3. The summed E-state index contributed by atoms with van der Waals surface area (Å²) in [6.07, 6.45) is -3.12. The molecule has 2 amide bonds. The third kappa shape index (κ3) is 6.70. The van der Waals surface area contributed by atoms with Gasteiger partial charge in [-0.3, -0.25) is 0 Å². The van der Waals surface area contributed by atoms with E-state index in [4.69, 9.17) is 21.4 Å². The Balaban J connectivity index is 1.61. The van der Waals surface area contributed by atoms with Crippen LogP contribution in [0.2, 0.25) is 5.02 Å². The smallest absolute Gasteiger partial charge is 0.417 e. The number of ether oxygens (including phenoxy) is 1. The number of carbonyl (C=O) groups excluding carboxylic acids is 1. The fraction of sp³-hybridized carbons (Fsp3) is 0.190. The molecule has 0 aliphatic heterocycles. The van der Waals surface area contributed by atoms with Gasteiger partial charge in [0.2, 0.25) is 11.8 Å². The number of amides is 2. The van der Waals surface area contributed by atoms with Crippen LogP contribution < -0.4 is 20.3 Å². The third-order valence-electron chi connectivity index (χ3n) is 4.26. The van der Waals surface area contributed by atoms with E-state index in [1.165, 1.54) is 12.3 Å². The van der Waals surface area contributed by atoms with Gasteiger partial charge < -0.3 is 25.4 Å². The molecule has 3 N–H and O–H groups in total. The zero-order valence-electron chi connectivity index (χ0n) is 17.2. The Labute approximate surface area is 192 Å². The molecule has 0 aliphatic rings. The standard InChI is InChI=1S/C21H19ClF3N5O3/c1-30(10-11-31)19-26-9-8-18(29-19)33-15-5-2-13(3-6-15)27-20(32)28-14-4-7-17(22)16(12-14)21(23,24)25/h2-9,12,31H,10-11H2,1H3,(H2,27,28,32). The van der Waals surface area contributed by atoms with Crippen molar-refractivity contribution in [3.05, 3.63) is 65.3 Å². The molecule has 174 valence electrons. The first kappa shape index (κ1) is 24.1. The van der Waals surface area contributed by atoms with Crippen molar-refractivity contribution in [1.82, 2.24) is 9.97 Å². The van der Waals surface area contributed by atoms with E-state index < -0.39 is 22.8 Å². The van der Waals surface area contributed by atoms with Gasteiger partial charge in [0.15, 0.2) is 0 Å². The highest BCUT2D eigenvalue weighted by Crippen LogP contribution is 2.36. The number of hydrogen-bond acceptors (Lipinski definition) is 6. The van der Waals surface area contributed by atoms with Crippen LogP contribution in [0.3, 0.4) is 0 Å². The minimum atomic E-state index is -4.64. The molecule has 1 aromatic heterocycles. The fourth-order valence-electron chi connectivity index (χ4n) is 2.66. The van der Waals surface area contributed by atoms with Crippen LogP contribution in [0.5, 0.6) is 11.6 Å². The SMILES string of the molecule is CN(CCO)c1nccc(Oc2ccc(NC(=O)Nc3ccc(Cl)c(C(F)(F)F)c3)cc2)n1. The maximum atomic E-state index is 13.0. The Morgan fingerprint density at radius 2 is 1.79 bits per heavy atom. The highest BCUT2D eigenvalue weighted by molar-refractivity contribution is 6.31. The van der Waals surface area contributed by atoms with Gasteiger partial charge in [-0.2, -0.15) is 18.2 Å². The number of aliphatic hydroxyl groups excluding tert-OH is 1. The molecule has 33 heavy (non-hydrogen) atoms. The second-order valence-electron chi connectivity index (χ2n) is 6.74. The molecular formula is C21H19ClF3N5O3. The summed E-state index contributed by atoms with van der Waals surface area (Å²) in [5, 5.41) is 13.4. The molecule has 0 saturated carbocycles. The highest BCUT2D eigenvalue weighted by Gasteiger charge is 2.33. The summed E-state index contributed by atoms with van der Waals surface area (Å²) in [5.74, 6) is 1.10. The molecule has 8 nitrogen and oxygen atoms in total. The first-order chi connectivity index (χ1) is 15.7. The minimum absolute atomic E-state index is 0.0471. The number of hydrogen-bond donors (Lipinski definition) is 3. The molecule has 0 radical (unpaired) electrons. The Bertz CT molecular complexity index is 1110. The number of nitrogens with zero attached hydrogens (tertiary/aromatic N) is 3. The molecule has 0 bridgehead atoms. The number of urea groups is 1. The summed E-state index contributed by atoms with van der Waals surface area (Å²) in [6, 6.07) is 10.2. The van der Waals surface area contributed by atoms with E-state index in [1.807, 2.05) is 0 Å². The molecular weight excluding hydrogens is 463 g/mol. The summed E-state index contributed by atoms with van der Waals surface area (Å²) < 4.78 is 44.5. The number of aliphatic hydroxyl groups is 1. The molecule has 0 aliphatic carbocycles. The number of carbonyl (C=O) groups is 1. The third-order valence-corrected chi connectivity index (χ3v) is 4.59. The van der Waals surface area contributed by atoms with Crippen LogP contribution in [0.15, 0.2) is 54.7 Å². The van der Waals surface area contributed by atoms with Crippen molar-refractivity contribution in [2.45, 2.75) is 6.18 Å². The maximum absolute atomic E-state index is 13.0. The van der Waals surface area contributed by atoms with Gasteiger partial charge in [-0.25, -0.2) is 9.78 Å². The van der Waals surface area contributed by atoms with E-state index in [2.05, 4.69) is 20.6 Å². The maximum Gasteiger partial charge on any atom is 0.417 e. The van der Waals surface area contributed by atoms with Crippen LogP contribution >= 0.6 is 11.6 Å². The second kappa shape index (κ2) is 10.4. The lowest BCUT2D eigenvalue weighted by molar-refractivity contribution is -0.137. The first-order valence-electron chi connectivity index (χ1n) is 9.53. The number of halogens is 4. The van der Waals surface area contributed by atoms with Crippen LogP contribution in [0.1, 0.15) is 5.56 Å². The van der Waals surface area contributed by atoms with Crippen molar-refractivity contribution < 1.29 is 27.8 Å². The van der Waals surface area contributed by atoms with Crippen LogP contribution in [-0.4, -0.2) is 41.3 Å². The number of rotatable bonds is 7. The van der Waals surface area contributed by atoms with Crippen molar-refractivity contribution in [1.29, 1.82) is 0 Å². The van der Waals surface area contributed by atoms with Gasteiger partial charge >= 0.3 is 12.2 Å². The molecule has 0 fully saturated rings. The van der Waals surface area contributed by atoms with Crippen LogP contribution in [0.4, 0.5) is 35.3 Å². The van der Waals surface area contributed by atoms with Gasteiger partial charge in [-0.15, -0.1) is 0 Å². The van der Waals surface area contributed by atoms with Gasteiger partial charge in [0.1, 0.15) is 5.75 Å². The number of nitrogens with one attached hydrogen (secondary N) is 2. The molecule has 1 heterocycles. The topological polar surface area (TPSA) is 99.6 Å².